The predicted octanol–water partition coefficient (Wildman–Crippen LogP) is 2.50. The van der Waals surface area contributed by atoms with E-state index in [-0.39, 0.29) is 5.54 Å². The lowest BCUT2D eigenvalue weighted by Gasteiger charge is -2.34. The number of anilines is 2. The van der Waals surface area contributed by atoms with Crippen LogP contribution in [0.15, 0.2) is 24.3 Å². The van der Waals surface area contributed by atoms with E-state index in [4.69, 9.17) is 5.73 Å². The first-order chi connectivity index (χ1) is 5.91. The Balaban J connectivity index is 2.90. The summed E-state index contributed by atoms with van der Waals surface area (Å²) in [6.45, 7) is 6.55. The second kappa shape index (κ2) is 3.29. The lowest BCUT2D eigenvalue weighted by molar-refractivity contribution is 0.539. The summed E-state index contributed by atoms with van der Waals surface area (Å²) in [7, 11) is 2.09. The standard InChI is InChI=1S/C11H18N2/c1-11(2,3)13(4)10-7-5-9(12)6-8-10/h5-8H,12H2,1-4H3. The molecule has 0 aliphatic heterocycles. The molecular weight excluding hydrogens is 160 g/mol. The molecule has 0 saturated heterocycles. The summed E-state index contributed by atoms with van der Waals surface area (Å²) in [5, 5.41) is 0. The Morgan fingerprint density at radius 2 is 1.54 bits per heavy atom. The van der Waals surface area contributed by atoms with E-state index < -0.39 is 0 Å². The molecule has 0 radical (unpaired) electrons. The number of rotatable bonds is 1. The van der Waals surface area contributed by atoms with Crippen LogP contribution in [0.25, 0.3) is 0 Å². The van der Waals surface area contributed by atoms with Crippen LogP contribution in [0.1, 0.15) is 20.8 Å². The number of hydrogen-bond acceptors (Lipinski definition) is 2. The Kier molecular flexibility index (Phi) is 2.50. The van der Waals surface area contributed by atoms with Crippen molar-refractivity contribution in [2.75, 3.05) is 17.7 Å². The lowest BCUT2D eigenvalue weighted by atomic mass is 10.1. The molecule has 0 spiro atoms. The number of hydrogen-bond donors (Lipinski definition) is 1. The maximum atomic E-state index is 5.62. The molecule has 0 unspecified atom stereocenters. The van der Waals surface area contributed by atoms with E-state index in [2.05, 4.69) is 32.7 Å². The van der Waals surface area contributed by atoms with E-state index in [1.807, 2.05) is 24.3 Å². The van der Waals surface area contributed by atoms with Gasteiger partial charge in [-0.25, -0.2) is 0 Å². The van der Waals surface area contributed by atoms with Gasteiger partial charge < -0.3 is 10.6 Å². The van der Waals surface area contributed by atoms with Gasteiger partial charge >= 0.3 is 0 Å². The summed E-state index contributed by atoms with van der Waals surface area (Å²) in [6, 6.07) is 7.94. The van der Waals surface area contributed by atoms with Gasteiger partial charge in [-0.1, -0.05) is 0 Å². The van der Waals surface area contributed by atoms with Crippen LogP contribution < -0.4 is 10.6 Å². The molecule has 0 saturated carbocycles. The average molecular weight is 178 g/mol. The first-order valence-electron chi connectivity index (χ1n) is 4.50. The molecule has 0 aliphatic carbocycles. The van der Waals surface area contributed by atoms with Gasteiger partial charge in [-0.15, -0.1) is 0 Å². The first-order valence-corrected chi connectivity index (χ1v) is 4.50. The van der Waals surface area contributed by atoms with Crippen LogP contribution in [-0.2, 0) is 0 Å². The monoisotopic (exact) mass is 178 g/mol. The van der Waals surface area contributed by atoms with Gasteiger partial charge in [0, 0.05) is 24.0 Å². The van der Waals surface area contributed by atoms with Crippen LogP contribution >= 0.6 is 0 Å². The van der Waals surface area contributed by atoms with Gasteiger partial charge in [-0.3, -0.25) is 0 Å². The molecule has 0 aliphatic rings. The summed E-state index contributed by atoms with van der Waals surface area (Å²) < 4.78 is 0. The van der Waals surface area contributed by atoms with Crippen molar-refractivity contribution >= 4 is 11.4 Å². The van der Waals surface area contributed by atoms with E-state index in [9.17, 15) is 0 Å². The summed E-state index contributed by atoms with van der Waals surface area (Å²) in [5.41, 5.74) is 7.77. The fourth-order valence-electron chi connectivity index (χ4n) is 1.09. The number of benzene rings is 1. The minimum atomic E-state index is 0.149. The van der Waals surface area contributed by atoms with Crippen molar-refractivity contribution in [1.29, 1.82) is 0 Å². The molecule has 1 rings (SSSR count). The quantitative estimate of drug-likeness (QED) is 0.669. The Labute approximate surface area is 80.4 Å². The van der Waals surface area contributed by atoms with Crippen molar-refractivity contribution in [1.82, 2.24) is 0 Å². The number of nitrogen functional groups attached to an aromatic ring is 1. The molecule has 0 bridgehead atoms. The third-order valence-electron chi connectivity index (χ3n) is 2.29. The van der Waals surface area contributed by atoms with Crippen molar-refractivity contribution in [2.45, 2.75) is 26.3 Å². The third-order valence-corrected chi connectivity index (χ3v) is 2.29. The van der Waals surface area contributed by atoms with E-state index in [0.29, 0.717) is 0 Å². The van der Waals surface area contributed by atoms with Crippen molar-refractivity contribution < 1.29 is 0 Å². The summed E-state index contributed by atoms with van der Waals surface area (Å²) in [6.07, 6.45) is 0. The highest BCUT2D eigenvalue weighted by Gasteiger charge is 2.16. The average Bonchev–Trinajstić information content (AvgIpc) is 2.03. The largest absolute Gasteiger partial charge is 0.399 e. The van der Waals surface area contributed by atoms with Gasteiger partial charge in [0.15, 0.2) is 0 Å². The molecule has 2 N–H and O–H groups in total. The van der Waals surface area contributed by atoms with Crippen molar-refractivity contribution in [3.8, 4) is 0 Å². The molecule has 72 valence electrons. The minimum absolute atomic E-state index is 0.149. The van der Waals surface area contributed by atoms with Crippen LogP contribution in [0.2, 0.25) is 0 Å². The Morgan fingerprint density at radius 3 is 1.92 bits per heavy atom. The molecule has 1 aromatic carbocycles. The van der Waals surface area contributed by atoms with Crippen LogP contribution in [0, 0.1) is 0 Å². The summed E-state index contributed by atoms with van der Waals surface area (Å²) in [4.78, 5) is 2.23. The molecule has 13 heavy (non-hydrogen) atoms. The molecular formula is C11H18N2. The molecule has 0 amide bonds. The summed E-state index contributed by atoms with van der Waals surface area (Å²) >= 11 is 0. The van der Waals surface area contributed by atoms with Crippen LogP contribution in [-0.4, -0.2) is 12.6 Å². The topological polar surface area (TPSA) is 29.3 Å². The second-order valence-electron chi connectivity index (χ2n) is 4.32. The van der Waals surface area contributed by atoms with Crippen LogP contribution in [0.3, 0.4) is 0 Å². The predicted molar refractivity (Wildman–Crippen MR) is 59.0 cm³/mol. The third kappa shape index (κ3) is 2.38. The van der Waals surface area contributed by atoms with Gasteiger partial charge in [-0.05, 0) is 45.0 Å². The molecule has 1 aromatic rings. The second-order valence-corrected chi connectivity index (χ2v) is 4.32. The van der Waals surface area contributed by atoms with Gasteiger partial charge in [0.25, 0.3) is 0 Å². The fraction of sp³-hybridized carbons (Fsp3) is 0.455. The Morgan fingerprint density at radius 1 is 1.08 bits per heavy atom. The van der Waals surface area contributed by atoms with E-state index in [0.717, 1.165) is 5.69 Å². The normalized spacial score (nSPS) is 11.4. The highest BCUT2D eigenvalue weighted by molar-refractivity contribution is 5.53. The highest BCUT2D eigenvalue weighted by Crippen LogP contribution is 2.22. The molecule has 0 fully saturated rings. The van der Waals surface area contributed by atoms with Crippen molar-refractivity contribution in [3.05, 3.63) is 24.3 Å². The van der Waals surface area contributed by atoms with Gasteiger partial charge in [-0.2, -0.15) is 0 Å². The Bertz CT molecular complexity index is 269. The SMILES string of the molecule is CN(c1ccc(N)cc1)C(C)(C)C. The highest BCUT2D eigenvalue weighted by atomic mass is 15.2. The maximum Gasteiger partial charge on any atom is 0.0369 e. The lowest BCUT2D eigenvalue weighted by Crippen LogP contribution is -2.37. The summed E-state index contributed by atoms with van der Waals surface area (Å²) in [5.74, 6) is 0. The smallest absolute Gasteiger partial charge is 0.0369 e. The van der Waals surface area contributed by atoms with Gasteiger partial charge in [0.1, 0.15) is 0 Å². The molecule has 0 aromatic heterocycles. The van der Waals surface area contributed by atoms with Gasteiger partial charge in [0.05, 0.1) is 0 Å². The van der Waals surface area contributed by atoms with Gasteiger partial charge in [0.2, 0.25) is 0 Å². The van der Waals surface area contributed by atoms with Crippen LogP contribution in [0.5, 0.6) is 0 Å². The van der Waals surface area contributed by atoms with Crippen molar-refractivity contribution in [3.63, 3.8) is 0 Å². The Hall–Kier alpha value is -1.18. The maximum absolute atomic E-state index is 5.62. The minimum Gasteiger partial charge on any atom is -0.399 e. The van der Waals surface area contributed by atoms with Crippen LogP contribution in [0.4, 0.5) is 11.4 Å². The molecule has 0 heterocycles. The zero-order chi connectivity index (χ0) is 10.1. The van der Waals surface area contributed by atoms with E-state index in [1.165, 1.54) is 5.69 Å². The van der Waals surface area contributed by atoms with Crippen molar-refractivity contribution in [2.24, 2.45) is 0 Å². The number of nitrogens with two attached hydrogens (primary N) is 1. The fourth-order valence-corrected chi connectivity index (χ4v) is 1.09. The first kappa shape index (κ1) is 9.90. The number of nitrogens with zero attached hydrogens (tertiary/aromatic N) is 1. The molecule has 0 atom stereocenters. The molecule has 2 nitrogen and oxygen atoms in total. The van der Waals surface area contributed by atoms with E-state index >= 15 is 0 Å². The zero-order valence-electron chi connectivity index (χ0n) is 8.83. The molecule has 2 heteroatoms. The zero-order valence-corrected chi connectivity index (χ0v) is 8.83. The van der Waals surface area contributed by atoms with E-state index in [1.54, 1.807) is 0 Å².